The second-order valence-electron chi connectivity index (χ2n) is 4.54. The van der Waals surface area contributed by atoms with E-state index in [0.717, 1.165) is 24.2 Å². The van der Waals surface area contributed by atoms with Gasteiger partial charge in [-0.05, 0) is 30.5 Å². The van der Waals surface area contributed by atoms with Crippen molar-refractivity contribution in [1.29, 1.82) is 0 Å². The van der Waals surface area contributed by atoms with E-state index < -0.39 is 0 Å². The van der Waals surface area contributed by atoms with Crippen LogP contribution in [0.25, 0.3) is 0 Å². The van der Waals surface area contributed by atoms with E-state index in [4.69, 9.17) is 5.73 Å². The predicted octanol–water partition coefficient (Wildman–Crippen LogP) is 1.42. The van der Waals surface area contributed by atoms with Crippen LogP contribution in [0.1, 0.15) is 24.5 Å². The number of nitrogens with one attached hydrogen (secondary N) is 1. The third-order valence-corrected chi connectivity index (χ3v) is 2.82. The number of hydrogen-bond donors (Lipinski definition) is 2. The molecule has 3 N–H and O–H groups in total. The van der Waals surface area contributed by atoms with Gasteiger partial charge in [-0.2, -0.15) is 0 Å². The van der Waals surface area contributed by atoms with Gasteiger partial charge in [-0.1, -0.05) is 19.1 Å². The van der Waals surface area contributed by atoms with Gasteiger partial charge in [0.05, 0.1) is 6.54 Å². The van der Waals surface area contributed by atoms with E-state index in [9.17, 15) is 4.79 Å². The van der Waals surface area contributed by atoms with E-state index in [0.29, 0.717) is 13.1 Å². The average Bonchev–Trinajstić information content (AvgIpc) is 2.36. The van der Waals surface area contributed by atoms with Crippen molar-refractivity contribution in [3.63, 3.8) is 0 Å². The van der Waals surface area contributed by atoms with Crippen LogP contribution in [0.3, 0.4) is 0 Å². The monoisotopic (exact) mass is 249 g/mol. The summed E-state index contributed by atoms with van der Waals surface area (Å²) in [7, 11) is 1.92. The quantitative estimate of drug-likeness (QED) is 0.801. The number of amides is 1. The Kier molecular flexibility index (Phi) is 5.65. The molecule has 0 bridgehead atoms. The number of hydrogen-bond acceptors (Lipinski definition) is 3. The Bertz CT molecular complexity index is 404. The third kappa shape index (κ3) is 4.04. The first-order valence-corrected chi connectivity index (χ1v) is 6.36. The Morgan fingerprint density at radius 1 is 1.44 bits per heavy atom. The molecule has 0 aliphatic heterocycles. The molecule has 0 spiro atoms. The molecule has 1 aromatic rings. The Morgan fingerprint density at radius 3 is 2.78 bits per heavy atom. The fourth-order valence-electron chi connectivity index (χ4n) is 1.82. The number of rotatable bonds is 6. The summed E-state index contributed by atoms with van der Waals surface area (Å²) in [4.78, 5) is 13.6. The molecule has 4 heteroatoms. The Labute approximate surface area is 109 Å². The van der Waals surface area contributed by atoms with Crippen molar-refractivity contribution >= 4 is 11.6 Å². The highest BCUT2D eigenvalue weighted by atomic mass is 16.2. The molecular formula is C14H23N3O. The van der Waals surface area contributed by atoms with Gasteiger partial charge in [0, 0.05) is 25.8 Å². The van der Waals surface area contributed by atoms with Crippen molar-refractivity contribution in [3.05, 3.63) is 29.3 Å². The maximum Gasteiger partial charge on any atom is 0.239 e. The predicted molar refractivity (Wildman–Crippen MR) is 75.6 cm³/mol. The summed E-state index contributed by atoms with van der Waals surface area (Å²) in [6, 6.07) is 6.12. The van der Waals surface area contributed by atoms with Crippen LogP contribution in [-0.4, -0.2) is 26.0 Å². The summed E-state index contributed by atoms with van der Waals surface area (Å²) < 4.78 is 0. The molecule has 4 nitrogen and oxygen atoms in total. The third-order valence-electron chi connectivity index (χ3n) is 2.82. The molecule has 0 heterocycles. The first-order chi connectivity index (χ1) is 8.58. The van der Waals surface area contributed by atoms with Crippen molar-refractivity contribution in [2.24, 2.45) is 5.73 Å². The van der Waals surface area contributed by atoms with Gasteiger partial charge in [0.2, 0.25) is 5.91 Å². The summed E-state index contributed by atoms with van der Waals surface area (Å²) >= 11 is 0. The van der Waals surface area contributed by atoms with Crippen molar-refractivity contribution in [2.45, 2.75) is 26.8 Å². The summed E-state index contributed by atoms with van der Waals surface area (Å²) in [6.45, 7) is 5.64. The zero-order chi connectivity index (χ0) is 13.5. The Balaban J connectivity index is 2.73. The zero-order valence-corrected chi connectivity index (χ0v) is 11.5. The molecule has 0 fully saturated rings. The Hall–Kier alpha value is -1.55. The number of anilines is 1. The van der Waals surface area contributed by atoms with Gasteiger partial charge in [0.1, 0.15) is 0 Å². The molecule has 0 aliphatic rings. The SMILES string of the molecule is CCCNC(=O)CN(C)c1cc(C)ccc1CN. The molecule has 18 heavy (non-hydrogen) atoms. The van der Waals surface area contributed by atoms with Crippen molar-refractivity contribution in [3.8, 4) is 0 Å². The molecule has 0 saturated carbocycles. The van der Waals surface area contributed by atoms with Gasteiger partial charge >= 0.3 is 0 Å². The molecule has 0 aliphatic carbocycles. The highest BCUT2D eigenvalue weighted by molar-refractivity contribution is 5.81. The minimum atomic E-state index is 0.0452. The van der Waals surface area contributed by atoms with Gasteiger partial charge in [-0.3, -0.25) is 4.79 Å². The number of carbonyl (C=O) groups excluding carboxylic acids is 1. The van der Waals surface area contributed by atoms with Crippen molar-refractivity contribution < 1.29 is 4.79 Å². The van der Waals surface area contributed by atoms with Crippen LogP contribution in [0, 0.1) is 6.92 Å². The van der Waals surface area contributed by atoms with E-state index in [1.54, 1.807) is 0 Å². The maximum atomic E-state index is 11.7. The van der Waals surface area contributed by atoms with E-state index in [-0.39, 0.29) is 5.91 Å². The largest absolute Gasteiger partial charge is 0.365 e. The van der Waals surface area contributed by atoms with Crippen LogP contribution < -0.4 is 16.0 Å². The summed E-state index contributed by atoms with van der Waals surface area (Å²) in [5.41, 5.74) is 8.98. The highest BCUT2D eigenvalue weighted by Gasteiger charge is 2.10. The van der Waals surface area contributed by atoms with Crippen LogP contribution in [0.2, 0.25) is 0 Å². The van der Waals surface area contributed by atoms with E-state index in [2.05, 4.69) is 11.4 Å². The molecular weight excluding hydrogens is 226 g/mol. The Morgan fingerprint density at radius 2 is 2.17 bits per heavy atom. The zero-order valence-electron chi connectivity index (χ0n) is 11.5. The second-order valence-corrected chi connectivity index (χ2v) is 4.54. The van der Waals surface area contributed by atoms with Crippen molar-refractivity contribution in [2.75, 3.05) is 25.0 Å². The topological polar surface area (TPSA) is 58.4 Å². The van der Waals surface area contributed by atoms with Gasteiger partial charge in [0.25, 0.3) is 0 Å². The number of nitrogens with zero attached hydrogens (tertiary/aromatic N) is 1. The summed E-state index contributed by atoms with van der Waals surface area (Å²) in [5, 5.41) is 2.87. The summed E-state index contributed by atoms with van der Waals surface area (Å²) in [6.07, 6.45) is 0.952. The standard InChI is InChI=1S/C14H23N3O/c1-4-7-16-14(18)10-17(3)13-8-11(2)5-6-12(13)9-15/h5-6,8H,4,7,9-10,15H2,1-3H3,(H,16,18). The molecule has 0 aromatic heterocycles. The van der Waals surface area contributed by atoms with Gasteiger partial charge in [0.15, 0.2) is 0 Å². The maximum absolute atomic E-state index is 11.7. The minimum absolute atomic E-state index is 0.0452. The lowest BCUT2D eigenvalue weighted by molar-refractivity contribution is -0.119. The molecule has 0 radical (unpaired) electrons. The fourth-order valence-corrected chi connectivity index (χ4v) is 1.82. The molecule has 100 valence electrons. The molecule has 0 saturated heterocycles. The number of likely N-dealkylation sites (N-methyl/N-ethyl adjacent to an activating group) is 1. The van der Waals surface area contributed by atoms with Crippen molar-refractivity contribution in [1.82, 2.24) is 5.32 Å². The number of aryl methyl sites for hydroxylation is 1. The number of nitrogens with two attached hydrogens (primary N) is 1. The van der Waals surface area contributed by atoms with Crippen LogP contribution in [-0.2, 0) is 11.3 Å². The number of benzene rings is 1. The number of carbonyl (C=O) groups is 1. The molecule has 1 amide bonds. The smallest absolute Gasteiger partial charge is 0.239 e. The van der Waals surface area contributed by atoms with E-state index in [1.165, 1.54) is 5.56 Å². The summed E-state index contributed by atoms with van der Waals surface area (Å²) in [5.74, 6) is 0.0452. The van der Waals surface area contributed by atoms with Crippen LogP contribution in [0.5, 0.6) is 0 Å². The first-order valence-electron chi connectivity index (χ1n) is 6.36. The molecule has 0 unspecified atom stereocenters. The van der Waals surface area contributed by atoms with Crippen LogP contribution >= 0.6 is 0 Å². The lowest BCUT2D eigenvalue weighted by Gasteiger charge is -2.22. The van der Waals surface area contributed by atoms with Crippen LogP contribution in [0.4, 0.5) is 5.69 Å². The minimum Gasteiger partial charge on any atom is -0.365 e. The normalized spacial score (nSPS) is 10.2. The van der Waals surface area contributed by atoms with E-state index in [1.807, 2.05) is 37.9 Å². The fraction of sp³-hybridized carbons (Fsp3) is 0.500. The highest BCUT2D eigenvalue weighted by Crippen LogP contribution is 2.20. The lowest BCUT2D eigenvalue weighted by atomic mass is 10.1. The van der Waals surface area contributed by atoms with Gasteiger partial charge in [-0.15, -0.1) is 0 Å². The second kappa shape index (κ2) is 7.01. The molecule has 1 aromatic carbocycles. The van der Waals surface area contributed by atoms with Gasteiger partial charge in [-0.25, -0.2) is 0 Å². The van der Waals surface area contributed by atoms with Crippen LogP contribution in [0.15, 0.2) is 18.2 Å². The first kappa shape index (κ1) is 14.5. The average molecular weight is 249 g/mol. The molecule has 1 rings (SSSR count). The molecule has 0 atom stereocenters. The van der Waals surface area contributed by atoms with E-state index >= 15 is 0 Å². The lowest BCUT2D eigenvalue weighted by Crippen LogP contribution is -2.36. The van der Waals surface area contributed by atoms with Gasteiger partial charge < -0.3 is 16.0 Å².